The fraction of sp³-hybridized carbons (Fsp3) is 0.167. The summed E-state index contributed by atoms with van der Waals surface area (Å²) < 4.78 is 8.12. The number of nitrogens with zero attached hydrogens (tertiary/aromatic N) is 3. The number of carbonyl (C=O) groups excluding carboxylic acids is 1. The Bertz CT molecular complexity index is 817. The maximum absolute atomic E-state index is 12.1. The van der Waals surface area contributed by atoms with Gasteiger partial charge in [0.25, 0.3) is 5.91 Å². The van der Waals surface area contributed by atoms with Crippen molar-refractivity contribution in [3.05, 3.63) is 71.2 Å². The zero-order chi connectivity index (χ0) is 17.6. The first kappa shape index (κ1) is 17.2. The van der Waals surface area contributed by atoms with Gasteiger partial charge >= 0.3 is 0 Å². The van der Waals surface area contributed by atoms with Gasteiger partial charge < -0.3 is 10.1 Å². The van der Waals surface area contributed by atoms with Crippen LogP contribution in [0.1, 0.15) is 18.5 Å². The van der Waals surface area contributed by atoms with Gasteiger partial charge in [-0.3, -0.25) is 4.79 Å². The Morgan fingerprint density at radius 3 is 2.56 bits per heavy atom. The Hall–Kier alpha value is -2.67. The topological polar surface area (TPSA) is 69.0 Å². The number of nitrogens with one attached hydrogen (secondary N) is 1. The summed E-state index contributed by atoms with van der Waals surface area (Å²) >= 11 is 3.36. The Balaban J connectivity index is 1.53. The molecule has 0 saturated carbocycles. The second kappa shape index (κ2) is 7.94. The molecule has 6 nitrogen and oxygen atoms in total. The third-order valence-electron chi connectivity index (χ3n) is 3.64. The van der Waals surface area contributed by atoms with E-state index in [0.29, 0.717) is 5.75 Å². The third kappa shape index (κ3) is 4.67. The molecule has 0 saturated heterocycles. The van der Waals surface area contributed by atoms with E-state index < -0.39 is 0 Å². The van der Waals surface area contributed by atoms with Crippen molar-refractivity contribution >= 4 is 21.8 Å². The maximum Gasteiger partial charge on any atom is 0.258 e. The Morgan fingerprint density at radius 1 is 1.20 bits per heavy atom. The minimum Gasteiger partial charge on any atom is -0.484 e. The van der Waals surface area contributed by atoms with E-state index in [9.17, 15) is 4.79 Å². The summed E-state index contributed by atoms with van der Waals surface area (Å²) in [6.45, 7) is 1.91. The van der Waals surface area contributed by atoms with Crippen LogP contribution in [0.15, 0.2) is 65.7 Å². The highest BCUT2D eigenvalue weighted by molar-refractivity contribution is 9.10. The minimum absolute atomic E-state index is 0.0248. The van der Waals surface area contributed by atoms with Gasteiger partial charge in [0, 0.05) is 4.47 Å². The van der Waals surface area contributed by atoms with Crippen LogP contribution in [0.4, 0.5) is 0 Å². The summed E-state index contributed by atoms with van der Waals surface area (Å²) in [6, 6.07) is 15.0. The Kier molecular flexibility index (Phi) is 5.45. The molecule has 0 unspecified atom stereocenters. The molecular formula is C18H17BrN4O2. The molecule has 0 aliphatic rings. The summed E-state index contributed by atoms with van der Waals surface area (Å²) in [6.07, 6.45) is 3.13. The lowest BCUT2D eigenvalue weighted by Crippen LogP contribution is -2.31. The van der Waals surface area contributed by atoms with E-state index in [1.165, 1.54) is 6.33 Å². The minimum atomic E-state index is -0.171. The van der Waals surface area contributed by atoms with Crippen molar-refractivity contribution in [3.63, 3.8) is 0 Å². The average Bonchev–Trinajstić information content (AvgIpc) is 3.16. The van der Waals surface area contributed by atoms with Gasteiger partial charge in [0.15, 0.2) is 6.61 Å². The van der Waals surface area contributed by atoms with Crippen LogP contribution in [-0.4, -0.2) is 27.3 Å². The number of hydrogen-bond acceptors (Lipinski definition) is 4. The number of ether oxygens (including phenoxy) is 1. The SMILES string of the molecule is C[C@H](NC(=O)COc1ccc(Br)cc1)c1ccc(-n2cncn2)cc1. The van der Waals surface area contributed by atoms with Crippen LogP contribution in [0.2, 0.25) is 0 Å². The number of aromatic nitrogens is 3. The van der Waals surface area contributed by atoms with Crippen LogP contribution >= 0.6 is 15.9 Å². The first-order valence-corrected chi connectivity index (χ1v) is 8.54. The van der Waals surface area contributed by atoms with E-state index >= 15 is 0 Å². The van der Waals surface area contributed by atoms with Crippen molar-refractivity contribution in [1.82, 2.24) is 20.1 Å². The molecule has 1 N–H and O–H groups in total. The summed E-state index contributed by atoms with van der Waals surface area (Å²) in [4.78, 5) is 16.0. The lowest BCUT2D eigenvalue weighted by molar-refractivity contribution is -0.123. The van der Waals surface area contributed by atoms with Gasteiger partial charge in [-0.1, -0.05) is 28.1 Å². The highest BCUT2D eigenvalue weighted by Crippen LogP contribution is 2.17. The van der Waals surface area contributed by atoms with Crippen LogP contribution in [0, 0.1) is 0 Å². The predicted molar refractivity (Wildman–Crippen MR) is 97.6 cm³/mol. The molecule has 0 bridgehead atoms. The van der Waals surface area contributed by atoms with Crippen molar-refractivity contribution in [2.75, 3.05) is 6.61 Å². The normalized spacial score (nSPS) is 11.8. The van der Waals surface area contributed by atoms with E-state index in [2.05, 4.69) is 31.3 Å². The summed E-state index contributed by atoms with van der Waals surface area (Å²) in [5.41, 5.74) is 1.92. The molecule has 1 aromatic heterocycles. The summed E-state index contributed by atoms with van der Waals surface area (Å²) in [5.74, 6) is 0.485. The Labute approximate surface area is 154 Å². The number of benzene rings is 2. The summed E-state index contributed by atoms with van der Waals surface area (Å²) in [7, 11) is 0. The van der Waals surface area contributed by atoms with Crippen LogP contribution < -0.4 is 10.1 Å². The highest BCUT2D eigenvalue weighted by Gasteiger charge is 2.10. The van der Waals surface area contributed by atoms with Crippen LogP contribution in [0.3, 0.4) is 0 Å². The van der Waals surface area contributed by atoms with Gasteiger partial charge in [0.05, 0.1) is 11.7 Å². The number of carbonyl (C=O) groups is 1. The third-order valence-corrected chi connectivity index (χ3v) is 4.17. The monoisotopic (exact) mass is 400 g/mol. The molecule has 3 rings (SSSR count). The fourth-order valence-electron chi connectivity index (χ4n) is 2.30. The molecular weight excluding hydrogens is 384 g/mol. The standard InChI is InChI=1S/C18H17BrN4O2/c1-13(14-2-6-16(7-3-14)23-12-20-11-21-23)22-18(24)10-25-17-8-4-15(19)5-9-17/h2-9,11-13H,10H2,1H3,(H,22,24)/t13-/m0/s1. The number of hydrogen-bond donors (Lipinski definition) is 1. The second-order valence-corrected chi connectivity index (χ2v) is 6.38. The van der Waals surface area contributed by atoms with Gasteiger partial charge in [-0.05, 0) is 48.9 Å². The first-order valence-electron chi connectivity index (χ1n) is 7.74. The quantitative estimate of drug-likeness (QED) is 0.689. The number of halogens is 1. The number of amides is 1. The Morgan fingerprint density at radius 2 is 1.92 bits per heavy atom. The van der Waals surface area contributed by atoms with Crippen LogP contribution in [0.5, 0.6) is 5.75 Å². The second-order valence-electron chi connectivity index (χ2n) is 5.46. The molecule has 0 aliphatic heterocycles. The van der Waals surface area contributed by atoms with Gasteiger partial charge in [-0.2, -0.15) is 5.10 Å². The van der Waals surface area contributed by atoms with Crippen LogP contribution in [0.25, 0.3) is 5.69 Å². The van der Waals surface area contributed by atoms with Crippen molar-refractivity contribution in [2.24, 2.45) is 0 Å². The average molecular weight is 401 g/mol. The molecule has 128 valence electrons. The van der Waals surface area contributed by atoms with E-state index in [1.54, 1.807) is 11.0 Å². The first-order chi connectivity index (χ1) is 12.1. The van der Waals surface area contributed by atoms with E-state index in [0.717, 1.165) is 15.7 Å². The molecule has 0 aliphatic carbocycles. The van der Waals surface area contributed by atoms with E-state index in [-0.39, 0.29) is 18.6 Å². The van der Waals surface area contributed by atoms with Gasteiger partial charge in [0.2, 0.25) is 0 Å². The molecule has 1 amide bonds. The molecule has 0 spiro atoms. The molecule has 7 heteroatoms. The lowest BCUT2D eigenvalue weighted by atomic mass is 10.1. The van der Waals surface area contributed by atoms with E-state index in [1.807, 2.05) is 55.5 Å². The molecule has 0 fully saturated rings. The van der Waals surface area contributed by atoms with Crippen molar-refractivity contribution in [2.45, 2.75) is 13.0 Å². The molecule has 2 aromatic carbocycles. The maximum atomic E-state index is 12.1. The van der Waals surface area contributed by atoms with Crippen molar-refractivity contribution < 1.29 is 9.53 Å². The van der Waals surface area contributed by atoms with Gasteiger partial charge in [0.1, 0.15) is 18.4 Å². The predicted octanol–water partition coefficient (Wildman–Crippen LogP) is 3.29. The zero-order valence-corrected chi connectivity index (χ0v) is 15.2. The molecule has 1 atom stereocenters. The molecule has 0 radical (unpaired) electrons. The molecule has 25 heavy (non-hydrogen) atoms. The van der Waals surface area contributed by atoms with Crippen LogP contribution in [-0.2, 0) is 4.79 Å². The number of rotatable bonds is 6. The molecule has 1 heterocycles. The highest BCUT2D eigenvalue weighted by atomic mass is 79.9. The van der Waals surface area contributed by atoms with Crippen molar-refractivity contribution in [1.29, 1.82) is 0 Å². The lowest BCUT2D eigenvalue weighted by Gasteiger charge is -2.15. The smallest absolute Gasteiger partial charge is 0.258 e. The van der Waals surface area contributed by atoms with Gasteiger partial charge in [-0.25, -0.2) is 9.67 Å². The van der Waals surface area contributed by atoms with E-state index in [4.69, 9.17) is 4.74 Å². The molecule has 3 aromatic rings. The summed E-state index contributed by atoms with van der Waals surface area (Å²) in [5, 5.41) is 7.01. The largest absolute Gasteiger partial charge is 0.484 e. The van der Waals surface area contributed by atoms with Crippen molar-refractivity contribution in [3.8, 4) is 11.4 Å². The fourth-order valence-corrected chi connectivity index (χ4v) is 2.57. The van der Waals surface area contributed by atoms with Gasteiger partial charge in [-0.15, -0.1) is 0 Å². The zero-order valence-electron chi connectivity index (χ0n) is 13.6.